The van der Waals surface area contributed by atoms with E-state index in [1.54, 1.807) is 0 Å². The molecule has 1 aliphatic carbocycles. The van der Waals surface area contributed by atoms with E-state index in [0.29, 0.717) is 0 Å². The Balaban J connectivity index is 2.38. The van der Waals surface area contributed by atoms with Crippen molar-refractivity contribution < 1.29 is 0 Å². The summed E-state index contributed by atoms with van der Waals surface area (Å²) >= 11 is 0. The molecule has 0 bridgehead atoms. The van der Waals surface area contributed by atoms with Gasteiger partial charge in [-0.15, -0.1) is 0 Å². The number of hydrogen-bond acceptors (Lipinski definition) is 2. The molecule has 0 spiro atoms. The Morgan fingerprint density at radius 2 is 2.00 bits per heavy atom. The van der Waals surface area contributed by atoms with Crippen molar-refractivity contribution in [3.63, 3.8) is 0 Å². The SMILES string of the molecule is CCNC1CCCC1CN(CC)CC(C)CC. The van der Waals surface area contributed by atoms with Crippen LogP contribution >= 0.6 is 0 Å². The van der Waals surface area contributed by atoms with Crippen LogP contribution in [0.1, 0.15) is 53.4 Å². The van der Waals surface area contributed by atoms with Crippen LogP contribution in [0.5, 0.6) is 0 Å². The Morgan fingerprint density at radius 3 is 2.59 bits per heavy atom. The molecular weight excluding hydrogens is 208 g/mol. The Hall–Kier alpha value is -0.0800. The number of nitrogens with zero attached hydrogens (tertiary/aromatic N) is 1. The van der Waals surface area contributed by atoms with Gasteiger partial charge in [-0.3, -0.25) is 0 Å². The van der Waals surface area contributed by atoms with E-state index < -0.39 is 0 Å². The summed E-state index contributed by atoms with van der Waals surface area (Å²) in [5.74, 6) is 1.73. The summed E-state index contributed by atoms with van der Waals surface area (Å²) in [5.41, 5.74) is 0. The molecule has 17 heavy (non-hydrogen) atoms. The van der Waals surface area contributed by atoms with Crippen LogP contribution in [0.4, 0.5) is 0 Å². The highest BCUT2D eigenvalue weighted by atomic mass is 15.1. The summed E-state index contributed by atoms with van der Waals surface area (Å²) in [5, 5.41) is 3.66. The molecule has 0 heterocycles. The summed E-state index contributed by atoms with van der Waals surface area (Å²) in [6, 6.07) is 0.783. The first-order chi connectivity index (χ1) is 8.21. The second-order valence-corrected chi connectivity index (χ2v) is 5.72. The standard InChI is InChI=1S/C15H32N2/c1-5-13(4)11-17(7-3)12-14-9-8-10-15(14)16-6-2/h13-16H,5-12H2,1-4H3. The molecule has 0 aromatic rings. The smallest absolute Gasteiger partial charge is 0.0107 e. The van der Waals surface area contributed by atoms with Gasteiger partial charge < -0.3 is 10.2 Å². The van der Waals surface area contributed by atoms with Crippen molar-refractivity contribution in [1.82, 2.24) is 10.2 Å². The van der Waals surface area contributed by atoms with Gasteiger partial charge in [-0.05, 0) is 37.8 Å². The quantitative estimate of drug-likeness (QED) is 0.701. The summed E-state index contributed by atoms with van der Waals surface area (Å²) in [6.07, 6.45) is 5.54. The van der Waals surface area contributed by atoms with Gasteiger partial charge in [0.2, 0.25) is 0 Å². The van der Waals surface area contributed by atoms with Crippen molar-refractivity contribution in [2.75, 3.05) is 26.2 Å². The molecular formula is C15H32N2. The minimum Gasteiger partial charge on any atom is -0.314 e. The van der Waals surface area contributed by atoms with E-state index in [2.05, 4.69) is 37.9 Å². The highest BCUT2D eigenvalue weighted by molar-refractivity contribution is 4.85. The van der Waals surface area contributed by atoms with Crippen molar-refractivity contribution in [1.29, 1.82) is 0 Å². The van der Waals surface area contributed by atoms with E-state index in [1.165, 1.54) is 45.3 Å². The van der Waals surface area contributed by atoms with Crippen molar-refractivity contribution >= 4 is 0 Å². The zero-order valence-electron chi connectivity index (χ0n) is 12.3. The van der Waals surface area contributed by atoms with Gasteiger partial charge in [0, 0.05) is 19.1 Å². The largest absolute Gasteiger partial charge is 0.314 e. The van der Waals surface area contributed by atoms with Crippen LogP contribution in [0.3, 0.4) is 0 Å². The molecule has 0 aromatic carbocycles. The molecule has 3 unspecified atom stereocenters. The molecule has 0 aromatic heterocycles. The molecule has 3 atom stereocenters. The van der Waals surface area contributed by atoms with Crippen LogP contribution in [0.2, 0.25) is 0 Å². The van der Waals surface area contributed by atoms with E-state index in [9.17, 15) is 0 Å². The lowest BCUT2D eigenvalue weighted by molar-refractivity contribution is 0.197. The zero-order valence-corrected chi connectivity index (χ0v) is 12.3. The van der Waals surface area contributed by atoms with E-state index in [-0.39, 0.29) is 0 Å². The lowest BCUT2D eigenvalue weighted by atomic mass is 10.0. The fraction of sp³-hybridized carbons (Fsp3) is 1.00. The monoisotopic (exact) mass is 240 g/mol. The lowest BCUT2D eigenvalue weighted by Gasteiger charge is -2.29. The predicted molar refractivity (Wildman–Crippen MR) is 76.4 cm³/mol. The molecule has 0 radical (unpaired) electrons. The molecule has 2 nitrogen and oxygen atoms in total. The highest BCUT2D eigenvalue weighted by Crippen LogP contribution is 2.26. The van der Waals surface area contributed by atoms with Gasteiger partial charge in [0.05, 0.1) is 0 Å². The van der Waals surface area contributed by atoms with Crippen molar-refractivity contribution in [2.45, 2.75) is 59.4 Å². The zero-order chi connectivity index (χ0) is 12.7. The van der Waals surface area contributed by atoms with Gasteiger partial charge in [-0.2, -0.15) is 0 Å². The molecule has 1 fully saturated rings. The van der Waals surface area contributed by atoms with Gasteiger partial charge in [-0.25, -0.2) is 0 Å². The first-order valence-electron chi connectivity index (χ1n) is 7.66. The van der Waals surface area contributed by atoms with E-state index >= 15 is 0 Å². The van der Waals surface area contributed by atoms with Crippen LogP contribution in [0.25, 0.3) is 0 Å². The van der Waals surface area contributed by atoms with Crippen LogP contribution in [-0.4, -0.2) is 37.1 Å². The van der Waals surface area contributed by atoms with E-state index in [4.69, 9.17) is 0 Å². The summed E-state index contributed by atoms with van der Waals surface area (Å²) in [4.78, 5) is 2.66. The molecule has 1 rings (SSSR count). The van der Waals surface area contributed by atoms with Crippen LogP contribution in [0, 0.1) is 11.8 Å². The third-order valence-electron chi connectivity index (χ3n) is 4.33. The average molecular weight is 240 g/mol. The molecule has 1 N–H and O–H groups in total. The molecule has 0 aliphatic heterocycles. The van der Waals surface area contributed by atoms with Gasteiger partial charge in [0.1, 0.15) is 0 Å². The predicted octanol–water partition coefficient (Wildman–Crippen LogP) is 3.13. The fourth-order valence-corrected chi connectivity index (χ4v) is 3.02. The fourth-order valence-electron chi connectivity index (χ4n) is 3.02. The van der Waals surface area contributed by atoms with Crippen LogP contribution in [0.15, 0.2) is 0 Å². The Bertz CT molecular complexity index is 193. The molecule has 1 aliphatic rings. The topological polar surface area (TPSA) is 15.3 Å². The maximum atomic E-state index is 3.66. The van der Waals surface area contributed by atoms with Gasteiger partial charge >= 0.3 is 0 Å². The first kappa shape index (κ1) is 15.0. The van der Waals surface area contributed by atoms with Gasteiger partial charge in [0.15, 0.2) is 0 Å². The minimum absolute atomic E-state index is 0.783. The molecule has 2 heteroatoms. The van der Waals surface area contributed by atoms with Crippen molar-refractivity contribution in [3.05, 3.63) is 0 Å². The van der Waals surface area contributed by atoms with Crippen LogP contribution in [-0.2, 0) is 0 Å². The average Bonchev–Trinajstić information content (AvgIpc) is 2.76. The minimum atomic E-state index is 0.783. The molecule has 0 saturated heterocycles. The second kappa shape index (κ2) is 8.10. The molecule has 1 saturated carbocycles. The van der Waals surface area contributed by atoms with Crippen LogP contribution < -0.4 is 5.32 Å². The van der Waals surface area contributed by atoms with Gasteiger partial charge in [-0.1, -0.05) is 40.5 Å². The maximum absolute atomic E-state index is 3.66. The maximum Gasteiger partial charge on any atom is 0.0107 e. The molecule has 102 valence electrons. The first-order valence-corrected chi connectivity index (χ1v) is 7.66. The second-order valence-electron chi connectivity index (χ2n) is 5.72. The Labute approximate surface area is 108 Å². The van der Waals surface area contributed by atoms with E-state index in [0.717, 1.165) is 24.4 Å². The number of rotatable bonds is 8. The molecule has 0 amide bonds. The lowest BCUT2D eigenvalue weighted by Crippen LogP contribution is -2.40. The normalized spacial score (nSPS) is 26.6. The number of nitrogens with one attached hydrogen (secondary N) is 1. The summed E-state index contributed by atoms with van der Waals surface area (Å²) in [6.45, 7) is 14.1. The third kappa shape index (κ3) is 4.97. The van der Waals surface area contributed by atoms with Crippen molar-refractivity contribution in [2.24, 2.45) is 11.8 Å². The van der Waals surface area contributed by atoms with Gasteiger partial charge in [0.25, 0.3) is 0 Å². The third-order valence-corrected chi connectivity index (χ3v) is 4.33. The number of hydrogen-bond donors (Lipinski definition) is 1. The van der Waals surface area contributed by atoms with E-state index in [1.807, 2.05) is 0 Å². The summed E-state index contributed by atoms with van der Waals surface area (Å²) in [7, 11) is 0. The van der Waals surface area contributed by atoms with Crippen molar-refractivity contribution in [3.8, 4) is 0 Å². The Morgan fingerprint density at radius 1 is 1.24 bits per heavy atom. The Kier molecular flexibility index (Phi) is 7.14. The highest BCUT2D eigenvalue weighted by Gasteiger charge is 2.27. The summed E-state index contributed by atoms with van der Waals surface area (Å²) < 4.78 is 0.